The summed E-state index contributed by atoms with van der Waals surface area (Å²) >= 11 is 12.0. The number of hydrogen-bond donors (Lipinski definition) is 1. The van der Waals surface area contributed by atoms with Gasteiger partial charge in [0.15, 0.2) is 0 Å². The van der Waals surface area contributed by atoms with E-state index in [1.54, 1.807) is 24.3 Å². The number of carbonyl (C=O) groups is 1. The molecule has 1 rings (SSSR count). The summed E-state index contributed by atoms with van der Waals surface area (Å²) in [5, 5.41) is 9.57. The molecule has 0 fully saturated rings. The molecule has 0 aliphatic carbocycles. The first-order chi connectivity index (χ1) is 8.06. The molecule has 0 saturated carbocycles. The summed E-state index contributed by atoms with van der Waals surface area (Å²) in [6.45, 7) is 4.52. The Labute approximate surface area is 110 Å². The zero-order chi connectivity index (χ0) is 12.8. The second kappa shape index (κ2) is 6.52. The van der Waals surface area contributed by atoms with Crippen LogP contribution in [0.3, 0.4) is 0 Å². The SMILES string of the molecule is C=CCN(CCC(=O)O)c1cccc(Cl)c1Cl. The zero-order valence-corrected chi connectivity index (χ0v) is 10.7. The van der Waals surface area contributed by atoms with Gasteiger partial charge < -0.3 is 10.0 Å². The van der Waals surface area contributed by atoms with Gasteiger partial charge in [-0.05, 0) is 12.1 Å². The third-order valence-electron chi connectivity index (χ3n) is 2.22. The number of aliphatic carboxylic acids is 1. The zero-order valence-electron chi connectivity index (χ0n) is 9.20. The van der Waals surface area contributed by atoms with Gasteiger partial charge in [0.05, 0.1) is 22.2 Å². The van der Waals surface area contributed by atoms with Crippen LogP contribution >= 0.6 is 23.2 Å². The summed E-state index contributed by atoms with van der Waals surface area (Å²) in [5.41, 5.74) is 0.723. The minimum absolute atomic E-state index is 0.0384. The number of hydrogen-bond acceptors (Lipinski definition) is 2. The normalized spacial score (nSPS) is 10.0. The molecule has 1 aromatic carbocycles. The van der Waals surface area contributed by atoms with E-state index in [0.717, 1.165) is 5.69 Å². The Morgan fingerprint density at radius 3 is 2.76 bits per heavy atom. The summed E-state index contributed by atoms with van der Waals surface area (Å²) in [6.07, 6.45) is 1.73. The maximum Gasteiger partial charge on any atom is 0.305 e. The molecule has 0 atom stereocenters. The van der Waals surface area contributed by atoms with Crippen molar-refractivity contribution in [1.82, 2.24) is 0 Å². The number of carboxylic acids is 1. The predicted octanol–water partition coefficient (Wildman–Crippen LogP) is 3.46. The number of benzene rings is 1. The number of anilines is 1. The second-order valence-electron chi connectivity index (χ2n) is 3.45. The molecular weight excluding hydrogens is 261 g/mol. The van der Waals surface area contributed by atoms with Crippen LogP contribution in [-0.4, -0.2) is 24.2 Å². The first-order valence-electron chi connectivity index (χ1n) is 5.08. The highest BCUT2D eigenvalue weighted by atomic mass is 35.5. The number of halogens is 2. The molecule has 1 N–H and O–H groups in total. The fourth-order valence-corrected chi connectivity index (χ4v) is 1.85. The smallest absolute Gasteiger partial charge is 0.305 e. The van der Waals surface area contributed by atoms with Crippen molar-refractivity contribution in [3.05, 3.63) is 40.9 Å². The highest BCUT2D eigenvalue weighted by Gasteiger charge is 2.12. The van der Waals surface area contributed by atoms with Crippen LogP contribution in [0.25, 0.3) is 0 Å². The fraction of sp³-hybridized carbons (Fsp3) is 0.250. The molecule has 0 bridgehead atoms. The van der Waals surface area contributed by atoms with Gasteiger partial charge in [0.2, 0.25) is 0 Å². The molecule has 0 saturated heterocycles. The Morgan fingerprint density at radius 1 is 1.47 bits per heavy atom. The van der Waals surface area contributed by atoms with Gasteiger partial charge in [-0.2, -0.15) is 0 Å². The standard InChI is InChI=1S/C12H13Cl2NO2/c1-2-7-15(8-6-11(16)17)10-5-3-4-9(13)12(10)14/h2-5H,1,6-8H2,(H,16,17). The molecule has 3 nitrogen and oxygen atoms in total. The lowest BCUT2D eigenvalue weighted by Gasteiger charge is -2.24. The lowest BCUT2D eigenvalue weighted by atomic mass is 10.2. The Morgan fingerprint density at radius 2 is 2.18 bits per heavy atom. The van der Waals surface area contributed by atoms with Crippen LogP contribution in [-0.2, 0) is 4.79 Å². The van der Waals surface area contributed by atoms with Gasteiger partial charge in [-0.3, -0.25) is 4.79 Å². The first kappa shape index (κ1) is 13.9. The van der Waals surface area contributed by atoms with Gasteiger partial charge in [-0.1, -0.05) is 35.3 Å². The summed E-state index contributed by atoms with van der Waals surface area (Å²) < 4.78 is 0. The maximum atomic E-state index is 10.6. The van der Waals surface area contributed by atoms with E-state index >= 15 is 0 Å². The molecule has 5 heteroatoms. The van der Waals surface area contributed by atoms with Gasteiger partial charge in [0.1, 0.15) is 0 Å². The summed E-state index contributed by atoms with van der Waals surface area (Å²) in [6, 6.07) is 5.27. The number of nitrogens with zero attached hydrogens (tertiary/aromatic N) is 1. The Kier molecular flexibility index (Phi) is 5.32. The average Bonchev–Trinajstić information content (AvgIpc) is 2.28. The molecule has 0 aliphatic heterocycles. The van der Waals surface area contributed by atoms with Gasteiger partial charge >= 0.3 is 5.97 Å². The van der Waals surface area contributed by atoms with E-state index in [-0.39, 0.29) is 6.42 Å². The summed E-state index contributed by atoms with van der Waals surface area (Å²) in [4.78, 5) is 12.4. The minimum Gasteiger partial charge on any atom is -0.481 e. The van der Waals surface area contributed by atoms with E-state index in [9.17, 15) is 4.79 Å². The molecule has 0 aliphatic rings. The van der Waals surface area contributed by atoms with Crippen LogP contribution in [0.15, 0.2) is 30.9 Å². The Balaban J connectivity index is 2.92. The van der Waals surface area contributed by atoms with Crippen molar-refractivity contribution in [3.63, 3.8) is 0 Å². The molecule has 1 aromatic rings. The van der Waals surface area contributed by atoms with E-state index in [1.165, 1.54) is 0 Å². The van der Waals surface area contributed by atoms with Crippen molar-refractivity contribution in [2.24, 2.45) is 0 Å². The van der Waals surface area contributed by atoms with Gasteiger partial charge in [-0.15, -0.1) is 6.58 Å². The topological polar surface area (TPSA) is 40.5 Å². The predicted molar refractivity (Wildman–Crippen MR) is 71.1 cm³/mol. The van der Waals surface area contributed by atoms with Gasteiger partial charge in [0.25, 0.3) is 0 Å². The quantitative estimate of drug-likeness (QED) is 0.807. The van der Waals surface area contributed by atoms with E-state index in [4.69, 9.17) is 28.3 Å². The fourth-order valence-electron chi connectivity index (χ4n) is 1.43. The van der Waals surface area contributed by atoms with E-state index in [2.05, 4.69) is 6.58 Å². The highest BCUT2D eigenvalue weighted by Crippen LogP contribution is 2.32. The molecule has 0 amide bonds. The third-order valence-corrected chi connectivity index (χ3v) is 3.03. The van der Waals surface area contributed by atoms with Crippen LogP contribution in [0, 0.1) is 0 Å². The lowest BCUT2D eigenvalue weighted by molar-refractivity contribution is -0.136. The molecule has 0 spiro atoms. The molecule has 0 unspecified atom stereocenters. The van der Waals surface area contributed by atoms with Crippen LogP contribution in [0.4, 0.5) is 5.69 Å². The van der Waals surface area contributed by atoms with Crippen molar-refractivity contribution in [2.75, 3.05) is 18.0 Å². The Hall–Kier alpha value is -1.19. The van der Waals surface area contributed by atoms with Crippen LogP contribution in [0.2, 0.25) is 10.0 Å². The summed E-state index contributed by atoms with van der Waals surface area (Å²) in [5.74, 6) is -0.850. The number of rotatable bonds is 6. The van der Waals surface area contributed by atoms with Crippen molar-refractivity contribution in [3.8, 4) is 0 Å². The van der Waals surface area contributed by atoms with Crippen molar-refractivity contribution in [2.45, 2.75) is 6.42 Å². The van der Waals surface area contributed by atoms with Crippen LogP contribution < -0.4 is 4.90 Å². The summed E-state index contributed by atoms with van der Waals surface area (Å²) in [7, 11) is 0. The monoisotopic (exact) mass is 273 g/mol. The lowest BCUT2D eigenvalue weighted by Crippen LogP contribution is -2.26. The molecule has 17 heavy (non-hydrogen) atoms. The minimum atomic E-state index is -0.850. The van der Waals surface area contributed by atoms with Crippen LogP contribution in [0.5, 0.6) is 0 Å². The van der Waals surface area contributed by atoms with Crippen LogP contribution in [0.1, 0.15) is 6.42 Å². The Bertz CT molecular complexity index is 421. The van der Waals surface area contributed by atoms with Crippen molar-refractivity contribution < 1.29 is 9.90 Å². The maximum absolute atomic E-state index is 10.6. The first-order valence-corrected chi connectivity index (χ1v) is 5.83. The highest BCUT2D eigenvalue weighted by molar-refractivity contribution is 6.43. The second-order valence-corrected chi connectivity index (χ2v) is 4.24. The molecule has 92 valence electrons. The van der Waals surface area contributed by atoms with Crippen molar-refractivity contribution in [1.29, 1.82) is 0 Å². The molecule has 0 radical (unpaired) electrons. The largest absolute Gasteiger partial charge is 0.481 e. The average molecular weight is 274 g/mol. The molecule has 0 aromatic heterocycles. The molecule has 0 heterocycles. The molecular formula is C12H13Cl2NO2. The van der Waals surface area contributed by atoms with Gasteiger partial charge in [0, 0.05) is 13.1 Å². The van der Waals surface area contributed by atoms with Crippen molar-refractivity contribution >= 4 is 34.9 Å². The van der Waals surface area contributed by atoms with E-state index in [1.807, 2.05) is 4.90 Å². The third kappa shape index (κ3) is 3.95. The number of carboxylic acid groups (broad SMARTS) is 1. The van der Waals surface area contributed by atoms with Gasteiger partial charge in [-0.25, -0.2) is 0 Å². The van der Waals surface area contributed by atoms with E-state index in [0.29, 0.717) is 23.1 Å². The van der Waals surface area contributed by atoms with E-state index < -0.39 is 5.97 Å².